The molecule has 0 aromatic heterocycles. The third-order valence-electron chi connectivity index (χ3n) is 4.51. The minimum absolute atomic E-state index is 0.121. The predicted molar refractivity (Wildman–Crippen MR) is 94.6 cm³/mol. The normalized spacial score (nSPS) is 15.2. The highest BCUT2D eigenvalue weighted by Gasteiger charge is 2.21. The number of carbonyl (C=O) groups excluding carboxylic acids is 2. The quantitative estimate of drug-likeness (QED) is 0.889. The van der Waals surface area contributed by atoms with Gasteiger partial charge in [-0.15, -0.1) is 0 Å². The summed E-state index contributed by atoms with van der Waals surface area (Å²) in [5.41, 5.74) is 2.15. The molecule has 1 N–H and O–H groups in total. The van der Waals surface area contributed by atoms with Gasteiger partial charge in [0.25, 0.3) is 0 Å². The van der Waals surface area contributed by atoms with Gasteiger partial charge in [-0.1, -0.05) is 18.2 Å². The fourth-order valence-electron chi connectivity index (χ4n) is 3.06. The van der Waals surface area contributed by atoms with Crippen LogP contribution in [-0.4, -0.2) is 18.4 Å². The summed E-state index contributed by atoms with van der Waals surface area (Å²) in [6.45, 7) is 2.44. The summed E-state index contributed by atoms with van der Waals surface area (Å²) in [6, 6.07) is 10.5. The molecule has 3 rings (SSSR count). The van der Waals surface area contributed by atoms with Gasteiger partial charge < -0.3 is 10.2 Å². The molecule has 4 nitrogen and oxygen atoms in total. The lowest BCUT2D eigenvalue weighted by Gasteiger charge is -2.17. The van der Waals surface area contributed by atoms with Gasteiger partial charge in [0.2, 0.25) is 11.8 Å². The number of amides is 2. The van der Waals surface area contributed by atoms with E-state index in [4.69, 9.17) is 0 Å². The number of hydrogen-bond donors (Lipinski definition) is 1. The number of benzene rings is 2. The molecule has 1 saturated heterocycles. The minimum atomic E-state index is -0.935. The van der Waals surface area contributed by atoms with Crippen molar-refractivity contribution in [3.8, 4) is 0 Å². The van der Waals surface area contributed by atoms with E-state index in [-0.39, 0.29) is 18.2 Å². The molecule has 1 aliphatic heterocycles. The molecule has 0 bridgehead atoms. The molecule has 0 saturated carbocycles. The smallest absolute Gasteiger partial charge is 0.227 e. The minimum Gasteiger partial charge on any atom is -0.349 e. The number of hydrogen-bond acceptors (Lipinski definition) is 2. The average Bonchev–Trinajstić information content (AvgIpc) is 3.04. The van der Waals surface area contributed by atoms with E-state index >= 15 is 0 Å². The number of carbonyl (C=O) groups is 2. The first-order valence-corrected chi connectivity index (χ1v) is 8.57. The fraction of sp³-hybridized carbons (Fsp3) is 0.300. The van der Waals surface area contributed by atoms with Crippen LogP contribution in [0.2, 0.25) is 0 Å². The van der Waals surface area contributed by atoms with E-state index in [1.54, 1.807) is 11.8 Å². The molecule has 2 aromatic rings. The summed E-state index contributed by atoms with van der Waals surface area (Å²) in [5, 5.41) is 2.78. The van der Waals surface area contributed by atoms with Gasteiger partial charge in [0.1, 0.15) is 0 Å². The molecule has 136 valence electrons. The Morgan fingerprint density at radius 3 is 2.50 bits per heavy atom. The molecule has 6 heteroatoms. The molecule has 0 spiro atoms. The van der Waals surface area contributed by atoms with Gasteiger partial charge in [0, 0.05) is 18.7 Å². The largest absolute Gasteiger partial charge is 0.349 e. The number of nitrogens with one attached hydrogen (secondary N) is 1. The highest BCUT2D eigenvalue weighted by atomic mass is 19.2. The molecule has 1 heterocycles. The van der Waals surface area contributed by atoms with E-state index in [0.29, 0.717) is 12.0 Å². The predicted octanol–water partition coefficient (Wildman–Crippen LogP) is 3.51. The molecule has 2 amide bonds. The molecule has 26 heavy (non-hydrogen) atoms. The number of rotatable bonds is 5. The van der Waals surface area contributed by atoms with Crippen LogP contribution in [0.3, 0.4) is 0 Å². The van der Waals surface area contributed by atoms with Gasteiger partial charge >= 0.3 is 0 Å². The van der Waals surface area contributed by atoms with E-state index < -0.39 is 17.7 Å². The van der Waals surface area contributed by atoms with Gasteiger partial charge in [-0.2, -0.15) is 0 Å². The Morgan fingerprint density at radius 1 is 1.15 bits per heavy atom. The Bertz CT molecular complexity index is 821. The SMILES string of the molecule is C[C@H](NC(=O)Cc1ccc(N2CCCC2=O)cc1)c1ccc(F)c(F)c1. The van der Waals surface area contributed by atoms with Crippen molar-refractivity contribution in [2.45, 2.75) is 32.2 Å². The zero-order chi connectivity index (χ0) is 18.7. The van der Waals surface area contributed by atoms with E-state index in [9.17, 15) is 18.4 Å². The van der Waals surface area contributed by atoms with Crippen LogP contribution in [0.5, 0.6) is 0 Å². The molecule has 2 aromatic carbocycles. The highest BCUT2D eigenvalue weighted by molar-refractivity contribution is 5.95. The first kappa shape index (κ1) is 18.0. The van der Waals surface area contributed by atoms with Crippen molar-refractivity contribution in [3.05, 3.63) is 65.2 Å². The van der Waals surface area contributed by atoms with E-state index in [0.717, 1.165) is 36.3 Å². The number of nitrogens with zero attached hydrogens (tertiary/aromatic N) is 1. The molecule has 0 unspecified atom stereocenters. The van der Waals surface area contributed by atoms with Crippen molar-refractivity contribution in [1.82, 2.24) is 5.32 Å². The first-order chi connectivity index (χ1) is 12.4. The molecule has 1 atom stereocenters. The Hall–Kier alpha value is -2.76. The van der Waals surface area contributed by atoms with Crippen LogP contribution in [0, 0.1) is 11.6 Å². The summed E-state index contributed by atoms with van der Waals surface area (Å²) in [7, 11) is 0. The van der Waals surface area contributed by atoms with E-state index in [2.05, 4.69) is 5.32 Å². The van der Waals surface area contributed by atoms with Crippen LogP contribution < -0.4 is 10.2 Å². The maximum atomic E-state index is 13.3. The van der Waals surface area contributed by atoms with Crippen LogP contribution >= 0.6 is 0 Å². The van der Waals surface area contributed by atoms with Gasteiger partial charge in [-0.3, -0.25) is 9.59 Å². The summed E-state index contributed by atoms with van der Waals surface area (Å²) in [4.78, 5) is 25.7. The lowest BCUT2D eigenvalue weighted by atomic mass is 10.1. The van der Waals surface area contributed by atoms with Crippen LogP contribution in [0.4, 0.5) is 14.5 Å². The molecule has 1 fully saturated rings. The molecule has 0 radical (unpaired) electrons. The van der Waals surface area contributed by atoms with Crippen molar-refractivity contribution >= 4 is 17.5 Å². The lowest BCUT2D eigenvalue weighted by molar-refractivity contribution is -0.121. The van der Waals surface area contributed by atoms with Gasteiger partial charge in [-0.05, 0) is 48.7 Å². The monoisotopic (exact) mass is 358 g/mol. The second kappa shape index (κ2) is 7.64. The zero-order valence-corrected chi connectivity index (χ0v) is 14.5. The second-order valence-electron chi connectivity index (χ2n) is 6.45. The maximum Gasteiger partial charge on any atom is 0.227 e. The van der Waals surface area contributed by atoms with E-state index in [1.807, 2.05) is 24.3 Å². The highest BCUT2D eigenvalue weighted by Crippen LogP contribution is 2.22. The Kier molecular flexibility index (Phi) is 5.30. The van der Waals surface area contributed by atoms with Crippen LogP contribution in [0.1, 0.15) is 36.9 Å². The van der Waals surface area contributed by atoms with Crippen molar-refractivity contribution < 1.29 is 18.4 Å². The van der Waals surface area contributed by atoms with Crippen molar-refractivity contribution in [3.63, 3.8) is 0 Å². The second-order valence-corrected chi connectivity index (χ2v) is 6.45. The van der Waals surface area contributed by atoms with Crippen LogP contribution in [-0.2, 0) is 16.0 Å². The molecular weight excluding hydrogens is 338 g/mol. The topological polar surface area (TPSA) is 49.4 Å². The third-order valence-corrected chi connectivity index (χ3v) is 4.51. The Balaban J connectivity index is 1.59. The Labute approximate surface area is 150 Å². The summed E-state index contributed by atoms with van der Waals surface area (Å²) >= 11 is 0. The maximum absolute atomic E-state index is 13.3. The van der Waals surface area contributed by atoms with Gasteiger partial charge in [0.05, 0.1) is 12.5 Å². The van der Waals surface area contributed by atoms with Gasteiger partial charge in [0.15, 0.2) is 11.6 Å². The average molecular weight is 358 g/mol. The van der Waals surface area contributed by atoms with Crippen molar-refractivity contribution in [1.29, 1.82) is 0 Å². The van der Waals surface area contributed by atoms with Gasteiger partial charge in [-0.25, -0.2) is 8.78 Å². The Morgan fingerprint density at radius 2 is 1.88 bits per heavy atom. The number of anilines is 1. The zero-order valence-electron chi connectivity index (χ0n) is 14.5. The van der Waals surface area contributed by atoms with Crippen LogP contribution in [0.25, 0.3) is 0 Å². The summed E-state index contributed by atoms with van der Waals surface area (Å²) in [6.07, 6.45) is 1.61. The van der Waals surface area contributed by atoms with Crippen molar-refractivity contribution in [2.75, 3.05) is 11.4 Å². The summed E-state index contributed by atoms with van der Waals surface area (Å²) < 4.78 is 26.3. The lowest BCUT2D eigenvalue weighted by Crippen LogP contribution is -2.28. The standard InChI is InChI=1S/C20H20F2N2O2/c1-13(15-6-9-17(21)18(22)12-15)23-19(25)11-14-4-7-16(8-5-14)24-10-2-3-20(24)26/h4-9,12-13H,2-3,10-11H2,1H3,(H,23,25)/t13-/m0/s1. The third kappa shape index (κ3) is 4.07. The van der Waals surface area contributed by atoms with Crippen molar-refractivity contribution in [2.24, 2.45) is 0 Å². The van der Waals surface area contributed by atoms with E-state index in [1.165, 1.54) is 6.07 Å². The van der Waals surface area contributed by atoms with Crippen LogP contribution in [0.15, 0.2) is 42.5 Å². The first-order valence-electron chi connectivity index (χ1n) is 8.57. The molecule has 0 aliphatic carbocycles. The fourth-order valence-corrected chi connectivity index (χ4v) is 3.06. The number of halogens is 2. The molecule has 1 aliphatic rings. The molecular formula is C20H20F2N2O2. The summed E-state index contributed by atoms with van der Waals surface area (Å²) in [5.74, 6) is -1.94.